The summed E-state index contributed by atoms with van der Waals surface area (Å²) in [4.78, 5) is 19.3. The van der Waals surface area contributed by atoms with Crippen molar-refractivity contribution in [2.75, 3.05) is 0 Å². The number of benzene rings is 1. The number of ketones is 1. The van der Waals surface area contributed by atoms with E-state index < -0.39 is 0 Å². The number of aromatic nitrogens is 2. The van der Waals surface area contributed by atoms with E-state index in [0.717, 1.165) is 11.1 Å². The zero-order valence-electron chi connectivity index (χ0n) is 8.34. The van der Waals surface area contributed by atoms with Gasteiger partial charge in [0.15, 0.2) is 5.78 Å². The Morgan fingerprint density at radius 3 is 2.47 bits per heavy atom. The average molecular weight is 198 g/mol. The van der Waals surface area contributed by atoms with Crippen LogP contribution in [0.1, 0.15) is 17.3 Å². The zero-order chi connectivity index (χ0) is 10.7. The van der Waals surface area contributed by atoms with Crippen molar-refractivity contribution in [3.05, 3.63) is 48.5 Å². The van der Waals surface area contributed by atoms with Crippen LogP contribution in [0.2, 0.25) is 0 Å². The molecule has 0 saturated heterocycles. The smallest absolute Gasteiger partial charge is 0.160 e. The number of nitrogens with zero attached hydrogens (tertiary/aromatic N) is 2. The molecular weight excluding hydrogens is 188 g/mol. The van der Waals surface area contributed by atoms with Gasteiger partial charge in [0.1, 0.15) is 6.33 Å². The maximum atomic E-state index is 11.4. The van der Waals surface area contributed by atoms with Crippen molar-refractivity contribution in [2.45, 2.75) is 6.92 Å². The van der Waals surface area contributed by atoms with Gasteiger partial charge >= 0.3 is 0 Å². The highest BCUT2D eigenvalue weighted by molar-refractivity contribution is 6.00. The molecule has 0 aliphatic carbocycles. The van der Waals surface area contributed by atoms with Crippen LogP contribution in [0, 0.1) is 0 Å². The summed E-state index contributed by atoms with van der Waals surface area (Å²) in [5, 5.41) is 0. The van der Waals surface area contributed by atoms with Crippen LogP contribution in [0.15, 0.2) is 43.0 Å². The van der Waals surface area contributed by atoms with Crippen molar-refractivity contribution in [3.63, 3.8) is 0 Å². The van der Waals surface area contributed by atoms with E-state index in [1.807, 2.05) is 24.3 Å². The van der Waals surface area contributed by atoms with E-state index in [1.165, 1.54) is 6.33 Å². The van der Waals surface area contributed by atoms with Gasteiger partial charge in [0.05, 0.1) is 0 Å². The zero-order valence-corrected chi connectivity index (χ0v) is 8.34. The molecule has 0 atom stereocenters. The Labute approximate surface area is 87.8 Å². The molecule has 0 radical (unpaired) electrons. The average Bonchev–Trinajstić information content (AvgIpc) is 2.30. The molecule has 0 amide bonds. The molecule has 1 heterocycles. The second-order valence-electron chi connectivity index (χ2n) is 3.23. The molecule has 0 unspecified atom stereocenters. The van der Waals surface area contributed by atoms with Crippen LogP contribution >= 0.6 is 0 Å². The molecule has 2 rings (SSSR count). The molecule has 15 heavy (non-hydrogen) atoms. The molecule has 1 aromatic carbocycles. The fourth-order valence-electron chi connectivity index (χ4n) is 1.48. The standard InChI is InChI=1S/C12H10N2O/c1-9(15)11-4-2-3-5-12(11)10-6-13-8-14-7-10/h2-8H,1H3. The summed E-state index contributed by atoms with van der Waals surface area (Å²) >= 11 is 0. The Kier molecular flexibility index (Phi) is 2.54. The highest BCUT2D eigenvalue weighted by Gasteiger charge is 2.07. The third kappa shape index (κ3) is 1.91. The summed E-state index contributed by atoms with van der Waals surface area (Å²) in [5.74, 6) is 0.0504. The van der Waals surface area contributed by atoms with Crippen LogP contribution in [0.4, 0.5) is 0 Å². The normalized spacial score (nSPS) is 9.93. The van der Waals surface area contributed by atoms with E-state index in [-0.39, 0.29) is 5.78 Å². The summed E-state index contributed by atoms with van der Waals surface area (Å²) in [5.41, 5.74) is 2.45. The molecule has 0 N–H and O–H groups in total. The minimum absolute atomic E-state index is 0.0504. The van der Waals surface area contributed by atoms with Crippen LogP contribution in [-0.2, 0) is 0 Å². The van der Waals surface area contributed by atoms with E-state index in [0.29, 0.717) is 5.56 Å². The number of rotatable bonds is 2. The predicted octanol–water partition coefficient (Wildman–Crippen LogP) is 2.35. The minimum Gasteiger partial charge on any atom is -0.294 e. The van der Waals surface area contributed by atoms with Crippen molar-refractivity contribution in [3.8, 4) is 11.1 Å². The molecule has 2 aromatic rings. The first-order chi connectivity index (χ1) is 7.29. The first-order valence-corrected chi connectivity index (χ1v) is 4.64. The molecule has 3 nitrogen and oxygen atoms in total. The van der Waals surface area contributed by atoms with E-state index in [1.54, 1.807) is 19.3 Å². The van der Waals surface area contributed by atoms with Gasteiger partial charge in [-0.1, -0.05) is 24.3 Å². The van der Waals surface area contributed by atoms with E-state index in [9.17, 15) is 4.79 Å². The Balaban J connectivity index is 2.58. The van der Waals surface area contributed by atoms with Crippen molar-refractivity contribution < 1.29 is 4.79 Å². The molecule has 3 heteroatoms. The molecule has 0 aliphatic rings. The molecule has 0 spiro atoms. The molecule has 74 valence electrons. The fraction of sp³-hybridized carbons (Fsp3) is 0.0833. The van der Waals surface area contributed by atoms with Gasteiger partial charge in [-0.2, -0.15) is 0 Å². The molecule has 0 saturated carbocycles. The number of carbonyl (C=O) groups excluding carboxylic acids is 1. The second kappa shape index (κ2) is 4.00. The van der Waals surface area contributed by atoms with E-state index in [4.69, 9.17) is 0 Å². The van der Waals surface area contributed by atoms with Crippen molar-refractivity contribution in [1.82, 2.24) is 9.97 Å². The van der Waals surface area contributed by atoms with Gasteiger partial charge in [0.2, 0.25) is 0 Å². The van der Waals surface area contributed by atoms with Crippen LogP contribution in [0.3, 0.4) is 0 Å². The maximum absolute atomic E-state index is 11.4. The van der Waals surface area contributed by atoms with Crippen molar-refractivity contribution in [1.29, 1.82) is 0 Å². The number of carbonyl (C=O) groups is 1. The van der Waals surface area contributed by atoms with Gasteiger partial charge in [-0.3, -0.25) is 4.79 Å². The summed E-state index contributed by atoms with van der Waals surface area (Å²) < 4.78 is 0. The topological polar surface area (TPSA) is 42.9 Å². The highest BCUT2D eigenvalue weighted by Crippen LogP contribution is 2.22. The first kappa shape index (κ1) is 9.52. The Morgan fingerprint density at radius 2 is 1.80 bits per heavy atom. The quantitative estimate of drug-likeness (QED) is 0.695. The monoisotopic (exact) mass is 198 g/mol. The Morgan fingerprint density at radius 1 is 1.13 bits per heavy atom. The molecular formula is C12H10N2O. The number of Topliss-reactive ketones (excluding diaryl/α,β-unsaturated/α-hetero) is 1. The minimum atomic E-state index is 0.0504. The third-order valence-corrected chi connectivity index (χ3v) is 2.18. The lowest BCUT2D eigenvalue weighted by molar-refractivity contribution is 0.101. The van der Waals surface area contributed by atoms with E-state index in [2.05, 4.69) is 9.97 Å². The lowest BCUT2D eigenvalue weighted by Crippen LogP contribution is -1.96. The van der Waals surface area contributed by atoms with Gasteiger partial charge in [0, 0.05) is 23.5 Å². The van der Waals surface area contributed by atoms with Crippen molar-refractivity contribution in [2.24, 2.45) is 0 Å². The Hall–Kier alpha value is -2.03. The number of hydrogen-bond donors (Lipinski definition) is 0. The number of hydrogen-bond acceptors (Lipinski definition) is 3. The predicted molar refractivity (Wildman–Crippen MR) is 57.5 cm³/mol. The molecule has 0 bridgehead atoms. The van der Waals surface area contributed by atoms with Gasteiger partial charge in [-0.15, -0.1) is 0 Å². The lowest BCUT2D eigenvalue weighted by atomic mass is 10.00. The largest absolute Gasteiger partial charge is 0.294 e. The van der Waals surface area contributed by atoms with Crippen molar-refractivity contribution >= 4 is 5.78 Å². The van der Waals surface area contributed by atoms with Crippen LogP contribution in [0.25, 0.3) is 11.1 Å². The summed E-state index contributed by atoms with van der Waals surface area (Å²) in [6.45, 7) is 1.56. The van der Waals surface area contributed by atoms with Gasteiger partial charge in [-0.05, 0) is 12.5 Å². The SMILES string of the molecule is CC(=O)c1ccccc1-c1cncnc1. The van der Waals surface area contributed by atoms with Crippen LogP contribution in [0.5, 0.6) is 0 Å². The molecule has 0 fully saturated rings. The summed E-state index contributed by atoms with van der Waals surface area (Å²) in [6, 6.07) is 7.46. The van der Waals surface area contributed by atoms with Gasteiger partial charge in [-0.25, -0.2) is 9.97 Å². The highest BCUT2D eigenvalue weighted by atomic mass is 16.1. The van der Waals surface area contributed by atoms with Gasteiger partial charge < -0.3 is 0 Å². The Bertz CT molecular complexity index is 480. The second-order valence-corrected chi connectivity index (χ2v) is 3.23. The van der Waals surface area contributed by atoms with Gasteiger partial charge in [0.25, 0.3) is 0 Å². The van der Waals surface area contributed by atoms with E-state index >= 15 is 0 Å². The van der Waals surface area contributed by atoms with Crippen LogP contribution in [-0.4, -0.2) is 15.8 Å². The maximum Gasteiger partial charge on any atom is 0.160 e. The first-order valence-electron chi connectivity index (χ1n) is 4.64. The summed E-state index contributed by atoms with van der Waals surface area (Å²) in [6.07, 6.45) is 4.88. The summed E-state index contributed by atoms with van der Waals surface area (Å²) in [7, 11) is 0. The van der Waals surface area contributed by atoms with Crippen LogP contribution < -0.4 is 0 Å². The molecule has 1 aromatic heterocycles. The fourth-order valence-corrected chi connectivity index (χ4v) is 1.48. The lowest BCUT2D eigenvalue weighted by Gasteiger charge is -2.05. The molecule has 0 aliphatic heterocycles. The third-order valence-electron chi connectivity index (χ3n) is 2.18.